The third kappa shape index (κ3) is 2.57. The van der Waals surface area contributed by atoms with Gasteiger partial charge in [0.05, 0.1) is 11.3 Å². The lowest BCUT2D eigenvalue weighted by molar-refractivity contribution is 0.0999. The van der Waals surface area contributed by atoms with Crippen molar-refractivity contribution in [2.75, 3.05) is 19.0 Å². The van der Waals surface area contributed by atoms with Crippen LogP contribution in [0.5, 0.6) is 0 Å². The van der Waals surface area contributed by atoms with Crippen LogP contribution in [0.25, 0.3) is 11.3 Å². The van der Waals surface area contributed by atoms with Crippen molar-refractivity contribution in [2.45, 2.75) is 25.8 Å². The number of hydrogen-bond acceptors (Lipinski definition) is 3. The molecule has 0 spiro atoms. The Balaban J connectivity index is 2.20. The number of aromatic nitrogens is 2. The summed E-state index contributed by atoms with van der Waals surface area (Å²) in [4.78, 5) is 13.9. The van der Waals surface area contributed by atoms with Crippen LogP contribution in [0.1, 0.15) is 28.9 Å². The number of aryl methyl sites for hydroxylation is 1. The highest BCUT2D eigenvalue weighted by Gasteiger charge is 2.25. The summed E-state index contributed by atoms with van der Waals surface area (Å²) in [6.07, 6.45) is 2.97. The average molecular weight is 319 g/mol. The Bertz CT molecular complexity index is 736. The Morgan fingerprint density at radius 2 is 2.09 bits per heavy atom. The third-order valence-corrected chi connectivity index (χ3v) is 4.23. The van der Waals surface area contributed by atoms with E-state index in [1.807, 2.05) is 41.9 Å². The second kappa shape index (κ2) is 5.65. The van der Waals surface area contributed by atoms with Gasteiger partial charge in [-0.3, -0.25) is 9.48 Å². The first kappa shape index (κ1) is 14.9. The summed E-state index contributed by atoms with van der Waals surface area (Å²) < 4.78 is 1.91. The lowest BCUT2D eigenvalue weighted by Gasteiger charge is -2.14. The van der Waals surface area contributed by atoms with Gasteiger partial charge in [-0.05, 0) is 37.5 Å². The van der Waals surface area contributed by atoms with Gasteiger partial charge in [0.2, 0.25) is 0 Å². The number of anilines is 1. The Morgan fingerprint density at radius 1 is 1.32 bits per heavy atom. The highest BCUT2D eigenvalue weighted by atomic mass is 35.5. The van der Waals surface area contributed by atoms with Crippen molar-refractivity contribution >= 4 is 23.2 Å². The van der Waals surface area contributed by atoms with E-state index in [4.69, 9.17) is 17.3 Å². The zero-order valence-corrected chi connectivity index (χ0v) is 13.5. The van der Waals surface area contributed by atoms with Crippen molar-refractivity contribution in [2.24, 2.45) is 5.73 Å². The molecule has 1 aliphatic rings. The summed E-state index contributed by atoms with van der Waals surface area (Å²) in [5, 5.41) is 5.24. The van der Waals surface area contributed by atoms with Gasteiger partial charge >= 0.3 is 0 Å². The molecule has 1 amide bonds. The van der Waals surface area contributed by atoms with Crippen molar-refractivity contribution in [3.05, 3.63) is 34.5 Å². The normalized spacial score (nSPS) is 13.8. The summed E-state index contributed by atoms with van der Waals surface area (Å²) in [5.74, 6) is -0.426. The zero-order valence-electron chi connectivity index (χ0n) is 12.8. The van der Waals surface area contributed by atoms with E-state index in [-0.39, 0.29) is 0 Å². The Labute approximate surface area is 134 Å². The molecule has 0 unspecified atom stereocenters. The molecule has 2 heterocycles. The van der Waals surface area contributed by atoms with E-state index in [1.165, 1.54) is 0 Å². The fourth-order valence-corrected chi connectivity index (χ4v) is 3.15. The lowest BCUT2D eigenvalue weighted by Crippen LogP contribution is -2.17. The van der Waals surface area contributed by atoms with E-state index in [9.17, 15) is 4.79 Å². The molecule has 0 radical (unpaired) electrons. The number of nitrogens with zero attached hydrogens (tertiary/aromatic N) is 3. The van der Waals surface area contributed by atoms with Gasteiger partial charge in [0, 0.05) is 36.9 Å². The minimum absolute atomic E-state index is 0.426. The van der Waals surface area contributed by atoms with E-state index < -0.39 is 5.91 Å². The van der Waals surface area contributed by atoms with Gasteiger partial charge in [-0.2, -0.15) is 5.10 Å². The number of benzene rings is 1. The summed E-state index contributed by atoms with van der Waals surface area (Å²) in [6, 6.07) is 5.69. The number of carbonyl (C=O) groups is 1. The van der Waals surface area contributed by atoms with Crippen LogP contribution < -0.4 is 10.6 Å². The van der Waals surface area contributed by atoms with Crippen LogP contribution in [0, 0.1) is 0 Å². The molecule has 1 aliphatic heterocycles. The van der Waals surface area contributed by atoms with Gasteiger partial charge in [-0.1, -0.05) is 11.6 Å². The molecule has 0 bridgehead atoms. The maximum atomic E-state index is 12.0. The van der Waals surface area contributed by atoms with Crippen LogP contribution in [-0.2, 0) is 13.0 Å². The second-order valence-corrected chi connectivity index (χ2v) is 6.24. The van der Waals surface area contributed by atoms with E-state index in [0.717, 1.165) is 42.8 Å². The number of nitrogens with two attached hydrogens (primary N) is 1. The molecule has 3 rings (SSSR count). The number of fused-ring (bicyclic) bond motifs is 1. The minimum atomic E-state index is -0.426. The van der Waals surface area contributed by atoms with Crippen molar-refractivity contribution < 1.29 is 4.79 Å². The maximum Gasteiger partial charge on any atom is 0.252 e. The molecule has 6 heteroatoms. The third-order valence-electron chi connectivity index (χ3n) is 4.01. The van der Waals surface area contributed by atoms with Crippen molar-refractivity contribution in [1.82, 2.24) is 9.78 Å². The van der Waals surface area contributed by atoms with Gasteiger partial charge in [0.25, 0.3) is 5.91 Å². The molecule has 0 aliphatic carbocycles. The molecule has 1 aromatic heterocycles. The van der Waals surface area contributed by atoms with Gasteiger partial charge in [0.15, 0.2) is 0 Å². The molecular formula is C16H19ClN4O. The van der Waals surface area contributed by atoms with Gasteiger partial charge in [-0.15, -0.1) is 0 Å². The van der Waals surface area contributed by atoms with Crippen LogP contribution in [0.15, 0.2) is 18.2 Å². The van der Waals surface area contributed by atoms with Crippen LogP contribution in [0.4, 0.5) is 5.69 Å². The van der Waals surface area contributed by atoms with Crippen molar-refractivity contribution in [3.8, 4) is 11.3 Å². The van der Waals surface area contributed by atoms with Crippen molar-refractivity contribution in [3.63, 3.8) is 0 Å². The SMILES string of the molecule is CN(C)c1cc(Cl)cc(-c2nn3c(c2C(N)=O)CCCC3)c1. The quantitative estimate of drug-likeness (QED) is 0.946. The first-order valence-electron chi connectivity index (χ1n) is 7.35. The second-order valence-electron chi connectivity index (χ2n) is 5.81. The number of rotatable bonds is 3. The number of amides is 1. The Hall–Kier alpha value is -2.01. The fraction of sp³-hybridized carbons (Fsp3) is 0.375. The van der Waals surface area contributed by atoms with E-state index in [0.29, 0.717) is 16.3 Å². The number of halogens is 1. The molecule has 5 nitrogen and oxygen atoms in total. The van der Waals surface area contributed by atoms with E-state index >= 15 is 0 Å². The highest BCUT2D eigenvalue weighted by molar-refractivity contribution is 6.31. The summed E-state index contributed by atoms with van der Waals surface area (Å²) in [6.45, 7) is 0.830. The first-order chi connectivity index (χ1) is 10.5. The molecule has 0 atom stereocenters. The fourth-order valence-electron chi connectivity index (χ4n) is 2.92. The predicted octanol–water partition coefficient (Wildman–Crippen LogP) is 2.70. The van der Waals surface area contributed by atoms with Crippen LogP contribution in [0.2, 0.25) is 5.02 Å². The summed E-state index contributed by atoms with van der Waals surface area (Å²) in [5.41, 5.74) is 9.52. The number of primary amides is 1. The number of hydrogen-bond donors (Lipinski definition) is 1. The zero-order chi connectivity index (χ0) is 15.9. The molecule has 0 fully saturated rings. The molecular weight excluding hydrogens is 300 g/mol. The topological polar surface area (TPSA) is 64.2 Å². The standard InChI is InChI=1S/C16H19ClN4O/c1-20(2)12-8-10(7-11(17)9-12)15-14(16(18)22)13-5-3-4-6-21(13)19-15/h7-9H,3-6H2,1-2H3,(H2,18,22). The molecule has 116 valence electrons. The maximum absolute atomic E-state index is 12.0. The van der Waals surface area contributed by atoms with E-state index in [2.05, 4.69) is 5.10 Å². The molecule has 0 saturated heterocycles. The monoisotopic (exact) mass is 318 g/mol. The molecule has 1 aromatic carbocycles. The minimum Gasteiger partial charge on any atom is -0.378 e. The van der Waals surface area contributed by atoms with Crippen molar-refractivity contribution in [1.29, 1.82) is 0 Å². The van der Waals surface area contributed by atoms with Gasteiger partial charge in [-0.25, -0.2) is 0 Å². The van der Waals surface area contributed by atoms with Gasteiger partial charge in [0.1, 0.15) is 5.69 Å². The van der Waals surface area contributed by atoms with Crippen LogP contribution >= 0.6 is 11.6 Å². The smallest absolute Gasteiger partial charge is 0.252 e. The lowest BCUT2D eigenvalue weighted by atomic mass is 10.0. The molecule has 2 aromatic rings. The van der Waals surface area contributed by atoms with E-state index in [1.54, 1.807) is 0 Å². The molecule has 22 heavy (non-hydrogen) atoms. The van der Waals surface area contributed by atoms with Gasteiger partial charge < -0.3 is 10.6 Å². The Kier molecular flexibility index (Phi) is 3.83. The highest BCUT2D eigenvalue weighted by Crippen LogP contribution is 2.32. The predicted molar refractivity (Wildman–Crippen MR) is 88.5 cm³/mol. The Morgan fingerprint density at radius 3 is 2.77 bits per heavy atom. The summed E-state index contributed by atoms with van der Waals surface area (Å²) >= 11 is 6.23. The number of carbonyl (C=O) groups excluding carboxylic acids is 1. The largest absolute Gasteiger partial charge is 0.378 e. The van der Waals surface area contributed by atoms with Crippen LogP contribution in [0.3, 0.4) is 0 Å². The molecule has 0 saturated carbocycles. The van der Waals surface area contributed by atoms with Crippen LogP contribution in [-0.4, -0.2) is 29.8 Å². The first-order valence-corrected chi connectivity index (χ1v) is 7.73. The average Bonchev–Trinajstić information content (AvgIpc) is 2.86. The summed E-state index contributed by atoms with van der Waals surface area (Å²) in [7, 11) is 3.89. The molecule has 2 N–H and O–H groups in total.